The van der Waals surface area contributed by atoms with Crippen molar-refractivity contribution in [1.29, 1.82) is 0 Å². The van der Waals surface area contributed by atoms with Crippen molar-refractivity contribution in [3.63, 3.8) is 0 Å². The maximum atomic E-state index is 10.6. The molecule has 0 fully saturated rings. The summed E-state index contributed by atoms with van der Waals surface area (Å²) >= 11 is 5.49. The van der Waals surface area contributed by atoms with E-state index in [0.29, 0.717) is 12.4 Å². The molecule has 0 saturated heterocycles. The normalized spacial score (nSPS) is 18.8. The van der Waals surface area contributed by atoms with Gasteiger partial charge in [-0.1, -0.05) is 0 Å². The molecule has 0 N–H and O–H groups in total. The Morgan fingerprint density at radius 2 is 2.56 bits per heavy atom. The molecular formula is C6H8ClNO. The Morgan fingerprint density at radius 3 is 3.00 bits per heavy atom. The van der Waals surface area contributed by atoms with Crippen molar-refractivity contribution in [3.05, 3.63) is 12.3 Å². The third kappa shape index (κ3) is 1.72. The van der Waals surface area contributed by atoms with Crippen molar-refractivity contribution in [2.45, 2.75) is 6.42 Å². The molecule has 3 heteroatoms. The molecule has 1 aliphatic heterocycles. The first-order chi connectivity index (χ1) is 4.33. The Hall–Kier alpha value is -0.500. The van der Waals surface area contributed by atoms with Gasteiger partial charge in [0.2, 0.25) is 0 Å². The molecule has 0 aliphatic carbocycles. The molecule has 0 spiro atoms. The van der Waals surface area contributed by atoms with E-state index in [1.165, 1.54) is 0 Å². The van der Waals surface area contributed by atoms with Gasteiger partial charge in [0.1, 0.15) is 0 Å². The van der Waals surface area contributed by atoms with Crippen LogP contribution in [0, 0.1) is 0 Å². The lowest BCUT2D eigenvalue weighted by Crippen LogP contribution is -2.22. The molecule has 2 nitrogen and oxygen atoms in total. The van der Waals surface area contributed by atoms with Crippen LogP contribution in [0.3, 0.4) is 0 Å². The van der Waals surface area contributed by atoms with Crippen molar-refractivity contribution in [2.24, 2.45) is 0 Å². The standard InChI is InChI=1S/C6H8ClNO/c7-5-8-3-1-6(9)2-4-8/h1,3H,2,4-5H2. The van der Waals surface area contributed by atoms with Crippen molar-refractivity contribution < 1.29 is 4.79 Å². The van der Waals surface area contributed by atoms with E-state index in [4.69, 9.17) is 11.6 Å². The summed E-state index contributed by atoms with van der Waals surface area (Å²) in [6.07, 6.45) is 3.90. The fraction of sp³-hybridized carbons (Fsp3) is 0.500. The number of carbonyl (C=O) groups is 1. The predicted molar refractivity (Wildman–Crippen MR) is 36.2 cm³/mol. The van der Waals surface area contributed by atoms with E-state index in [1.807, 2.05) is 4.90 Å². The van der Waals surface area contributed by atoms with Crippen LogP contribution >= 0.6 is 11.6 Å². The summed E-state index contributed by atoms with van der Waals surface area (Å²) in [7, 11) is 0. The van der Waals surface area contributed by atoms with Gasteiger partial charge in [-0.25, -0.2) is 0 Å². The first-order valence-electron chi connectivity index (χ1n) is 2.84. The molecule has 0 amide bonds. The SMILES string of the molecule is O=C1C=CN(CCl)CC1. The maximum Gasteiger partial charge on any atom is 0.158 e. The summed E-state index contributed by atoms with van der Waals surface area (Å²) in [5.74, 6) is 0.191. The third-order valence-electron chi connectivity index (χ3n) is 1.27. The first kappa shape index (κ1) is 6.62. The molecule has 0 unspecified atom stereocenters. The van der Waals surface area contributed by atoms with E-state index in [-0.39, 0.29) is 5.78 Å². The molecule has 1 rings (SSSR count). The fourth-order valence-corrected chi connectivity index (χ4v) is 0.899. The number of alkyl halides is 1. The van der Waals surface area contributed by atoms with Gasteiger partial charge in [-0.15, -0.1) is 11.6 Å². The Bertz CT molecular complexity index is 144. The lowest BCUT2D eigenvalue weighted by atomic mass is 10.2. The number of nitrogens with zero attached hydrogens (tertiary/aromatic N) is 1. The molecular weight excluding hydrogens is 138 g/mol. The minimum absolute atomic E-state index is 0.191. The number of ketones is 1. The second-order valence-corrected chi connectivity index (χ2v) is 2.20. The third-order valence-corrected chi connectivity index (χ3v) is 1.58. The average Bonchev–Trinajstić information content (AvgIpc) is 1.90. The second kappa shape index (κ2) is 2.87. The van der Waals surface area contributed by atoms with E-state index < -0.39 is 0 Å². The molecule has 0 bridgehead atoms. The molecule has 1 heterocycles. The molecule has 1 aliphatic rings. The van der Waals surface area contributed by atoms with E-state index in [0.717, 1.165) is 6.54 Å². The van der Waals surface area contributed by atoms with Crippen molar-refractivity contribution in [1.82, 2.24) is 4.90 Å². The second-order valence-electron chi connectivity index (χ2n) is 1.96. The number of hydrogen-bond donors (Lipinski definition) is 0. The summed E-state index contributed by atoms with van der Waals surface area (Å²) in [5, 5.41) is 0. The zero-order valence-corrected chi connectivity index (χ0v) is 5.77. The van der Waals surface area contributed by atoms with Gasteiger partial charge in [-0.2, -0.15) is 0 Å². The Labute approximate surface area is 59.1 Å². The lowest BCUT2D eigenvalue weighted by Gasteiger charge is -2.18. The zero-order valence-electron chi connectivity index (χ0n) is 5.01. The number of carbonyl (C=O) groups excluding carboxylic acids is 1. The highest BCUT2D eigenvalue weighted by Crippen LogP contribution is 2.02. The fourth-order valence-electron chi connectivity index (χ4n) is 0.700. The van der Waals surface area contributed by atoms with E-state index in [9.17, 15) is 4.79 Å². The van der Waals surface area contributed by atoms with Crippen LogP contribution in [-0.4, -0.2) is 23.2 Å². The van der Waals surface area contributed by atoms with Gasteiger partial charge in [0.25, 0.3) is 0 Å². The van der Waals surface area contributed by atoms with Crippen LogP contribution in [0.15, 0.2) is 12.3 Å². The molecule has 0 aromatic carbocycles. The summed E-state index contributed by atoms with van der Waals surface area (Å²) in [6, 6.07) is 0.476. The smallest absolute Gasteiger partial charge is 0.158 e. The number of rotatable bonds is 1. The number of allylic oxidation sites excluding steroid dienone is 1. The van der Waals surface area contributed by atoms with E-state index >= 15 is 0 Å². The first-order valence-corrected chi connectivity index (χ1v) is 3.37. The Morgan fingerprint density at radius 1 is 1.78 bits per heavy atom. The largest absolute Gasteiger partial charge is 0.363 e. The summed E-state index contributed by atoms with van der Waals surface area (Å²) < 4.78 is 0. The molecule has 0 atom stereocenters. The maximum absolute atomic E-state index is 10.6. The highest BCUT2D eigenvalue weighted by molar-refractivity contribution is 6.17. The van der Waals surface area contributed by atoms with Crippen LogP contribution in [0.25, 0.3) is 0 Å². The highest BCUT2D eigenvalue weighted by Gasteiger charge is 2.06. The van der Waals surface area contributed by atoms with Gasteiger partial charge >= 0.3 is 0 Å². The monoisotopic (exact) mass is 145 g/mol. The molecule has 0 radical (unpaired) electrons. The van der Waals surface area contributed by atoms with Gasteiger partial charge in [0.15, 0.2) is 5.78 Å². The van der Waals surface area contributed by atoms with E-state index in [1.54, 1.807) is 12.3 Å². The van der Waals surface area contributed by atoms with Crippen LogP contribution < -0.4 is 0 Å². The summed E-state index contributed by atoms with van der Waals surface area (Å²) in [4.78, 5) is 12.5. The van der Waals surface area contributed by atoms with Crippen molar-refractivity contribution in [3.8, 4) is 0 Å². The predicted octanol–water partition coefficient (Wildman–Crippen LogP) is 0.971. The minimum Gasteiger partial charge on any atom is -0.363 e. The summed E-state index contributed by atoms with van der Waals surface area (Å²) in [5.41, 5.74) is 0. The minimum atomic E-state index is 0.191. The van der Waals surface area contributed by atoms with Gasteiger partial charge in [0, 0.05) is 19.2 Å². The highest BCUT2D eigenvalue weighted by atomic mass is 35.5. The molecule has 50 valence electrons. The molecule has 0 aromatic heterocycles. The molecule has 0 saturated carbocycles. The van der Waals surface area contributed by atoms with Crippen LogP contribution in [0.5, 0.6) is 0 Å². The van der Waals surface area contributed by atoms with Crippen LogP contribution in [0.1, 0.15) is 6.42 Å². The average molecular weight is 146 g/mol. The molecule has 0 aromatic rings. The van der Waals surface area contributed by atoms with Crippen molar-refractivity contribution in [2.75, 3.05) is 12.5 Å². The van der Waals surface area contributed by atoms with Gasteiger partial charge in [0.05, 0.1) is 6.00 Å². The summed E-state index contributed by atoms with van der Waals surface area (Å²) in [6.45, 7) is 0.763. The Balaban J connectivity index is 2.48. The lowest BCUT2D eigenvalue weighted by molar-refractivity contribution is -0.115. The molecule has 9 heavy (non-hydrogen) atoms. The number of halogens is 1. The quantitative estimate of drug-likeness (QED) is 0.405. The van der Waals surface area contributed by atoms with Gasteiger partial charge < -0.3 is 4.90 Å². The number of hydrogen-bond acceptors (Lipinski definition) is 2. The van der Waals surface area contributed by atoms with Crippen molar-refractivity contribution >= 4 is 17.4 Å². The van der Waals surface area contributed by atoms with Crippen LogP contribution in [0.2, 0.25) is 0 Å². The Kier molecular flexibility index (Phi) is 2.11. The topological polar surface area (TPSA) is 20.3 Å². The van der Waals surface area contributed by atoms with Crippen LogP contribution in [0.4, 0.5) is 0 Å². The van der Waals surface area contributed by atoms with E-state index in [2.05, 4.69) is 0 Å². The van der Waals surface area contributed by atoms with Gasteiger partial charge in [-0.3, -0.25) is 4.79 Å². The van der Waals surface area contributed by atoms with Gasteiger partial charge in [-0.05, 0) is 6.08 Å². The zero-order chi connectivity index (χ0) is 6.69. The van der Waals surface area contributed by atoms with Crippen LogP contribution in [-0.2, 0) is 4.79 Å².